The second-order valence-electron chi connectivity index (χ2n) is 5.45. The molecular weight excluding hydrogens is 332 g/mol. The van der Waals surface area contributed by atoms with Crippen molar-refractivity contribution in [1.29, 1.82) is 0 Å². The van der Waals surface area contributed by atoms with E-state index in [4.69, 9.17) is 16.3 Å². The summed E-state index contributed by atoms with van der Waals surface area (Å²) in [5, 5.41) is 1.56. The molecule has 3 rings (SSSR count). The minimum absolute atomic E-state index is 0.253. The molecule has 0 amide bonds. The summed E-state index contributed by atoms with van der Waals surface area (Å²) in [6, 6.07) is 7.30. The Morgan fingerprint density at radius 3 is 2.52 bits per heavy atom. The topological polar surface area (TPSA) is 41.9 Å². The molecule has 1 atom stereocenters. The van der Waals surface area contributed by atoms with Crippen LogP contribution < -0.4 is 0 Å². The van der Waals surface area contributed by atoms with Crippen LogP contribution in [-0.2, 0) is 9.53 Å². The van der Waals surface area contributed by atoms with Gasteiger partial charge in [-0.15, -0.1) is 0 Å². The molecule has 0 saturated heterocycles. The normalized spacial score (nSPS) is 20.7. The molecule has 4 nitrogen and oxygen atoms in total. The van der Waals surface area contributed by atoms with E-state index in [2.05, 4.69) is 16.8 Å². The Balaban J connectivity index is 2.19. The molecule has 0 spiro atoms. The molecule has 120 valence electrons. The van der Waals surface area contributed by atoms with Crippen molar-refractivity contribution in [3.8, 4) is 0 Å². The molecule has 0 radical (unpaired) electrons. The fourth-order valence-electron chi connectivity index (χ4n) is 2.81. The lowest BCUT2D eigenvalue weighted by Gasteiger charge is -2.35. The first-order valence-corrected chi connectivity index (χ1v) is 8.41. The van der Waals surface area contributed by atoms with Gasteiger partial charge in [-0.2, -0.15) is 0 Å². The minimum atomic E-state index is -0.354. The van der Waals surface area contributed by atoms with Gasteiger partial charge < -0.3 is 9.64 Å². The van der Waals surface area contributed by atoms with E-state index in [-0.39, 0.29) is 12.0 Å². The van der Waals surface area contributed by atoms with Crippen molar-refractivity contribution in [3.63, 3.8) is 0 Å². The molecule has 1 unspecified atom stereocenters. The van der Waals surface area contributed by atoms with Crippen LogP contribution in [-0.4, -0.2) is 23.1 Å². The van der Waals surface area contributed by atoms with Gasteiger partial charge in [-0.1, -0.05) is 35.5 Å². The number of hydrogen-bond donors (Lipinski definition) is 0. The van der Waals surface area contributed by atoms with E-state index >= 15 is 0 Å². The van der Waals surface area contributed by atoms with Crippen molar-refractivity contribution >= 4 is 34.5 Å². The van der Waals surface area contributed by atoms with Gasteiger partial charge in [0.15, 0.2) is 5.17 Å². The molecule has 23 heavy (non-hydrogen) atoms. The van der Waals surface area contributed by atoms with Gasteiger partial charge >= 0.3 is 5.97 Å². The highest BCUT2D eigenvalue weighted by Crippen LogP contribution is 2.46. The number of thioether (sulfide) groups is 1. The number of fused-ring (bicyclic) bond motifs is 1. The molecule has 0 saturated carbocycles. The van der Waals surface area contributed by atoms with E-state index in [1.165, 1.54) is 12.0 Å². The lowest BCUT2D eigenvalue weighted by atomic mass is 9.94. The van der Waals surface area contributed by atoms with E-state index in [9.17, 15) is 4.79 Å². The molecule has 0 fully saturated rings. The first-order chi connectivity index (χ1) is 10.9. The SMILES string of the molecule is COC(=O)C1=C(C)N=C2SC(C)=C(C)N2C1c1ccc(Cl)cc1. The van der Waals surface area contributed by atoms with Crippen molar-refractivity contribution in [2.45, 2.75) is 26.8 Å². The van der Waals surface area contributed by atoms with Crippen LogP contribution in [0.4, 0.5) is 0 Å². The number of aliphatic imine (C=N–C) groups is 1. The number of nitrogens with zero attached hydrogens (tertiary/aromatic N) is 2. The Bertz CT molecular complexity index is 765. The van der Waals surface area contributed by atoms with E-state index in [1.807, 2.05) is 38.1 Å². The number of carbonyl (C=O) groups excluding carboxylic acids is 1. The summed E-state index contributed by atoms with van der Waals surface area (Å²) in [6.45, 7) is 5.96. The van der Waals surface area contributed by atoms with E-state index < -0.39 is 0 Å². The average molecular weight is 349 g/mol. The molecule has 1 aromatic carbocycles. The summed E-state index contributed by atoms with van der Waals surface area (Å²) in [4.78, 5) is 20.3. The van der Waals surface area contributed by atoms with Gasteiger partial charge in [0.1, 0.15) is 0 Å². The van der Waals surface area contributed by atoms with Gasteiger partial charge in [0.05, 0.1) is 24.4 Å². The molecule has 2 aliphatic rings. The molecule has 1 aromatic rings. The molecule has 0 N–H and O–H groups in total. The Kier molecular flexibility index (Phi) is 4.25. The highest BCUT2D eigenvalue weighted by molar-refractivity contribution is 8.17. The lowest BCUT2D eigenvalue weighted by molar-refractivity contribution is -0.136. The van der Waals surface area contributed by atoms with Gasteiger partial charge in [0.25, 0.3) is 0 Å². The molecule has 0 aromatic heterocycles. The number of carbonyl (C=O) groups is 1. The number of halogens is 1. The van der Waals surface area contributed by atoms with Gasteiger partial charge in [-0.25, -0.2) is 9.79 Å². The summed E-state index contributed by atoms with van der Waals surface area (Å²) < 4.78 is 5.00. The summed E-state index contributed by atoms with van der Waals surface area (Å²) in [5.74, 6) is -0.354. The van der Waals surface area contributed by atoms with Crippen LogP contribution >= 0.6 is 23.4 Å². The molecule has 6 heteroatoms. The maximum Gasteiger partial charge on any atom is 0.338 e. The van der Waals surface area contributed by atoms with Crippen molar-refractivity contribution in [2.75, 3.05) is 7.11 Å². The zero-order chi connectivity index (χ0) is 16.7. The number of hydrogen-bond acceptors (Lipinski definition) is 5. The number of rotatable bonds is 2. The summed E-state index contributed by atoms with van der Waals surface area (Å²) in [5.41, 5.74) is 3.34. The highest BCUT2D eigenvalue weighted by Gasteiger charge is 2.40. The van der Waals surface area contributed by atoms with Crippen LogP contribution in [0, 0.1) is 0 Å². The first-order valence-electron chi connectivity index (χ1n) is 7.22. The zero-order valence-electron chi connectivity index (χ0n) is 13.4. The van der Waals surface area contributed by atoms with E-state index in [0.717, 1.165) is 16.4 Å². The zero-order valence-corrected chi connectivity index (χ0v) is 15.0. The predicted molar refractivity (Wildman–Crippen MR) is 94.1 cm³/mol. The second-order valence-corrected chi connectivity index (χ2v) is 7.07. The van der Waals surface area contributed by atoms with Crippen molar-refractivity contribution in [2.24, 2.45) is 4.99 Å². The maximum absolute atomic E-state index is 12.4. The Labute approximate surface area is 144 Å². The summed E-state index contributed by atoms with van der Waals surface area (Å²) in [6.07, 6.45) is 0. The predicted octanol–water partition coefficient (Wildman–Crippen LogP) is 4.50. The molecule has 0 aliphatic carbocycles. The van der Waals surface area contributed by atoms with Gasteiger partial charge in [0, 0.05) is 15.6 Å². The quantitative estimate of drug-likeness (QED) is 0.738. The fourth-order valence-corrected chi connectivity index (χ4v) is 3.98. The maximum atomic E-state index is 12.4. The highest BCUT2D eigenvalue weighted by atomic mass is 35.5. The summed E-state index contributed by atoms with van der Waals surface area (Å²) in [7, 11) is 1.40. The van der Waals surface area contributed by atoms with Crippen molar-refractivity contribution < 1.29 is 9.53 Å². The largest absolute Gasteiger partial charge is 0.466 e. The van der Waals surface area contributed by atoms with E-state index in [1.54, 1.807) is 11.8 Å². The molecular formula is C17H17ClN2O2S. The standard InChI is InChI=1S/C17H17ClN2O2S/c1-9-14(16(21)22-4)15(12-5-7-13(18)8-6-12)20-10(2)11(3)23-17(20)19-9/h5-8,15H,1-4H3. The third-order valence-corrected chi connectivity index (χ3v) is 5.42. The second kappa shape index (κ2) is 6.06. The third-order valence-electron chi connectivity index (χ3n) is 4.10. The van der Waals surface area contributed by atoms with Crippen molar-refractivity contribution in [1.82, 2.24) is 4.90 Å². The van der Waals surface area contributed by atoms with Gasteiger partial charge in [0.2, 0.25) is 0 Å². The van der Waals surface area contributed by atoms with Gasteiger partial charge in [-0.05, 0) is 38.5 Å². The number of allylic oxidation sites excluding steroid dienone is 3. The van der Waals surface area contributed by atoms with E-state index in [0.29, 0.717) is 16.3 Å². The van der Waals surface area contributed by atoms with Crippen LogP contribution in [0.3, 0.4) is 0 Å². The monoisotopic (exact) mass is 348 g/mol. The molecule has 2 heterocycles. The number of benzene rings is 1. The van der Waals surface area contributed by atoms with Gasteiger partial charge in [-0.3, -0.25) is 0 Å². The number of amidine groups is 1. The van der Waals surface area contributed by atoms with Crippen LogP contribution in [0.1, 0.15) is 32.4 Å². The van der Waals surface area contributed by atoms with Crippen molar-refractivity contribution in [3.05, 3.63) is 56.7 Å². The molecule has 0 bridgehead atoms. The van der Waals surface area contributed by atoms with Crippen LogP contribution in [0.25, 0.3) is 0 Å². The van der Waals surface area contributed by atoms with Crippen LogP contribution in [0.15, 0.2) is 51.1 Å². The van der Waals surface area contributed by atoms with Crippen LogP contribution in [0.5, 0.6) is 0 Å². The third kappa shape index (κ3) is 2.68. The number of esters is 1. The average Bonchev–Trinajstić information content (AvgIpc) is 2.80. The Morgan fingerprint density at radius 1 is 1.26 bits per heavy atom. The summed E-state index contributed by atoms with van der Waals surface area (Å²) >= 11 is 7.64. The minimum Gasteiger partial charge on any atom is -0.466 e. The van der Waals surface area contributed by atoms with Crippen LogP contribution in [0.2, 0.25) is 5.02 Å². The Morgan fingerprint density at radius 2 is 1.91 bits per heavy atom. The fraction of sp³-hybridized carbons (Fsp3) is 0.294. The number of ether oxygens (including phenoxy) is 1. The molecule has 2 aliphatic heterocycles. The first kappa shape index (κ1) is 16.1. The smallest absolute Gasteiger partial charge is 0.338 e. The lowest BCUT2D eigenvalue weighted by Crippen LogP contribution is -2.35. The Hall–Kier alpha value is -1.72. The number of methoxy groups -OCH3 is 1.